The second-order valence-electron chi connectivity index (χ2n) is 9.06. The molecule has 0 aromatic heterocycles. The SMILES string of the molecule is O=C(CN1CCC(CCc2ccc(O)cc2)CC1)Nc1cccc(CN2CCSCC2)c1. The first kappa shape index (κ1) is 23.1. The van der Waals surface area contributed by atoms with E-state index in [1.807, 2.05) is 36.0 Å². The summed E-state index contributed by atoms with van der Waals surface area (Å²) in [6, 6.07) is 15.9. The molecule has 172 valence electrons. The van der Waals surface area contributed by atoms with Gasteiger partial charge in [0.05, 0.1) is 6.54 Å². The number of aromatic hydroxyl groups is 1. The number of thioether (sulfide) groups is 1. The van der Waals surface area contributed by atoms with Gasteiger partial charge in [-0.05, 0) is 80.1 Å². The number of hydrogen-bond acceptors (Lipinski definition) is 5. The summed E-state index contributed by atoms with van der Waals surface area (Å²) in [4.78, 5) is 17.4. The smallest absolute Gasteiger partial charge is 0.238 e. The summed E-state index contributed by atoms with van der Waals surface area (Å²) in [5, 5.41) is 12.5. The Labute approximate surface area is 196 Å². The highest BCUT2D eigenvalue weighted by Gasteiger charge is 2.21. The highest BCUT2D eigenvalue weighted by molar-refractivity contribution is 7.99. The lowest BCUT2D eigenvalue weighted by molar-refractivity contribution is -0.117. The molecule has 0 radical (unpaired) electrons. The Morgan fingerprint density at radius 3 is 2.47 bits per heavy atom. The number of hydrogen-bond donors (Lipinski definition) is 2. The topological polar surface area (TPSA) is 55.8 Å². The Hall–Kier alpha value is -2.02. The van der Waals surface area contributed by atoms with Gasteiger partial charge in [0.15, 0.2) is 0 Å². The van der Waals surface area contributed by atoms with E-state index in [0.717, 1.165) is 57.7 Å². The maximum atomic E-state index is 12.6. The first-order chi connectivity index (χ1) is 15.6. The number of phenols is 1. The molecule has 0 bridgehead atoms. The molecule has 6 heteroatoms. The number of anilines is 1. The zero-order valence-electron chi connectivity index (χ0n) is 18.8. The van der Waals surface area contributed by atoms with Gasteiger partial charge < -0.3 is 10.4 Å². The summed E-state index contributed by atoms with van der Waals surface area (Å²) in [7, 11) is 0. The molecule has 2 aliphatic heterocycles. The average Bonchev–Trinajstić information content (AvgIpc) is 2.80. The van der Waals surface area contributed by atoms with Gasteiger partial charge >= 0.3 is 0 Å². The molecule has 2 saturated heterocycles. The molecular formula is C26H35N3O2S. The van der Waals surface area contributed by atoms with Gasteiger partial charge in [0.2, 0.25) is 5.91 Å². The first-order valence-electron chi connectivity index (χ1n) is 11.8. The van der Waals surface area contributed by atoms with E-state index in [4.69, 9.17) is 0 Å². The summed E-state index contributed by atoms with van der Waals surface area (Å²) in [5.41, 5.74) is 3.46. The largest absolute Gasteiger partial charge is 0.508 e. The minimum atomic E-state index is 0.0825. The number of likely N-dealkylation sites (tertiary alicyclic amines) is 1. The molecule has 4 rings (SSSR count). The average molecular weight is 454 g/mol. The lowest BCUT2D eigenvalue weighted by atomic mass is 9.90. The van der Waals surface area contributed by atoms with Crippen molar-refractivity contribution in [2.75, 3.05) is 49.5 Å². The van der Waals surface area contributed by atoms with Crippen molar-refractivity contribution in [3.8, 4) is 5.75 Å². The fraction of sp³-hybridized carbons (Fsp3) is 0.500. The number of piperidine rings is 1. The lowest BCUT2D eigenvalue weighted by Crippen LogP contribution is -2.39. The molecule has 2 aromatic carbocycles. The molecule has 0 spiro atoms. The van der Waals surface area contributed by atoms with Crippen LogP contribution in [0.4, 0.5) is 5.69 Å². The Bertz CT molecular complexity index is 860. The highest BCUT2D eigenvalue weighted by atomic mass is 32.2. The number of phenolic OH excluding ortho intramolecular Hbond substituents is 1. The van der Waals surface area contributed by atoms with Crippen molar-refractivity contribution in [2.24, 2.45) is 5.92 Å². The van der Waals surface area contributed by atoms with Crippen LogP contribution in [0.15, 0.2) is 48.5 Å². The minimum absolute atomic E-state index is 0.0825. The first-order valence-corrected chi connectivity index (χ1v) is 13.0. The molecule has 0 atom stereocenters. The Morgan fingerprint density at radius 2 is 1.72 bits per heavy atom. The Balaban J connectivity index is 1.17. The molecule has 1 amide bonds. The van der Waals surface area contributed by atoms with Crippen LogP contribution in [0.3, 0.4) is 0 Å². The van der Waals surface area contributed by atoms with Gasteiger partial charge in [0.25, 0.3) is 0 Å². The van der Waals surface area contributed by atoms with E-state index in [1.54, 1.807) is 12.1 Å². The van der Waals surface area contributed by atoms with Crippen molar-refractivity contribution >= 4 is 23.4 Å². The van der Waals surface area contributed by atoms with Crippen LogP contribution in [-0.4, -0.2) is 65.0 Å². The number of amides is 1. The van der Waals surface area contributed by atoms with Gasteiger partial charge in [-0.1, -0.05) is 24.3 Å². The van der Waals surface area contributed by atoms with Crippen LogP contribution < -0.4 is 5.32 Å². The molecular weight excluding hydrogens is 418 g/mol. The summed E-state index contributed by atoms with van der Waals surface area (Å²) in [6.07, 6.45) is 4.52. The third kappa shape index (κ3) is 7.26. The molecule has 2 fully saturated rings. The van der Waals surface area contributed by atoms with Gasteiger partial charge in [-0.2, -0.15) is 11.8 Å². The number of carbonyl (C=O) groups is 1. The highest BCUT2D eigenvalue weighted by Crippen LogP contribution is 2.23. The summed E-state index contributed by atoms with van der Waals surface area (Å²) < 4.78 is 0. The van der Waals surface area contributed by atoms with E-state index in [1.165, 1.54) is 29.1 Å². The van der Waals surface area contributed by atoms with E-state index >= 15 is 0 Å². The number of rotatable bonds is 8. The number of carbonyl (C=O) groups excluding carboxylic acids is 1. The summed E-state index contributed by atoms with van der Waals surface area (Å²) in [5.74, 6) is 3.55. The van der Waals surface area contributed by atoms with Crippen molar-refractivity contribution in [2.45, 2.75) is 32.2 Å². The zero-order valence-corrected chi connectivity index (χ0v) is 19.7. The Morgan fingerprint density at radius 1 is 0.969 bits per heavy atom. The molecule has 32 heavy (non-hydrogen) atoms. The monoisotopic (exact) mass is 453 g/mol. The van der Waals surface area contributed by atoms with Crippen molar-refractivity contribution in [1.82, 2.24) is 9.80 Å². The van der Waals surface area contributed by atoms with Crippen molar-refractivity contribution in [3.05, 3.63) is 59.7 Å². The molecule has 2 heterocycles. The van der Waals surface area contributed by atoms with Crippen LogP contribution in [0.5, 0.6) is 5.75 Å². The van der Waals surface area contributed by atoms with E-state index in [9.17, 15) is 9.90 Å². The standard InChI is InChI=1S/C26H35N3O2S/c30-25-8-6-21(7-9-25)4-5-22-10-12-28(13-11-22)20-26(31)27-24-3-1-2-23(18-24)19-29-14-16-32-17-15-29/h1-3,6-9,18,22,30H,4-5,10-17,19-20H2,(H,27,31). The van der Waals surface area contributed by atoms with Crippen molar-refractivity contribution in [3.63, 3.8) is 0 Å². The lowest BCUT2D eigenvalue weighted by Gasteiger charge is -2.31. The van der Waals surface area contributed by atoms with Crippen LogP contribution in [0, 0.1) is 5.92 Å². The van der Waals surface area contributed by atoms with Gasteiger partial charge in [0, 0.05) is 36.8 Å². The number of nitrogens with one attached hydrogen (secondary N) is 1. The molecule has 2 aliphatic rings. The fourth-order valence-electron chi connectivity index (χ4n) is 4.64. The normalized spacial score (nSPS) is 18.5. The summed E-state index contributed by atoms with van der Waals surface area (Å²) >= 11 is 2.03. The van der Waals surface area contributed by atoms with E-state index in [-0.39, 0.29) is 5.91 Å². The number of benzene rings is 2. The van der Waals surface area contributed by atoms with Crippen LogP contribution >= 0.6 is 11.8 Å². The van der Waals surface area contributed by atoms with Gasteiger partial charge in [-0.3, -0.25) is 14.6 Å². The summed E-state index contributed by atoms with van der Waals surface area (Å²) in [6.45, 7) is 5.69. The van der Waals surface area contributed by atoms with E-state index in [0.29, 0.717) is 18.2 Å². The predicted molar refractivity (Wildman–Crippen MR) is 133 cm³/mol. The van der Waals surface area contributed by atoms with Crippen LogP contribution in [-0.2, 0) is 17.8 Å². The minimum Gasteiger partial charge on any atom is -0.508 e. The second kappa shape index (κ2) is 11.7. The third-order valence-corrected chi connectivity index (χ3v) is 7.52. The van der Waals surface area contributed by atoms with Gasteiger partial charge in [-0.15, -0.1) is 0 Å². The molecule has 0 aliphatic carbocycles. The van der Waals surface area contributed by atoms with Crippen molar-refractivity contribution < 1.29 is 9.90 Å². The van der Waals surface area contributed by atoms with Gasteiger partial charge in [0.1, 0.15) is 5.75 Å². The Kier molecular flexibility index (Phi) is 8.49. The molecule has 2 aromatic rings. The fourth-order valence-corrected chi connectivity index (χ4v) is 5.61. The maximum Gasteiger partial charge on any atom is 0.238 e. The molecule has 2 N–H and O–H groups in total. The quantitative estimate of drug-likeness (QED) is 0.627. The third-order valence-electron chi connectivity index (χ3n) is 6.57. The zero-order chi connectivity index (χ0) is 22.2. The van der Waals surface area contributed by atoms with Crippen LogP contribution in [0.25, 0.3) is 0 Å². The van der Waals surface area contributed by atoms with Gasteiger partial charge in [-0.25, -0.2) is 0 Å². The van der Waals surface area contributed by atoms with E-state index < -0.39 is 0 Å². The van der Waals surface area contributed by atoms with Crippen LogP contribution in [0.2, 0.25) is 0 Å². The number of aryl methyl sites for hydroxylation is 1. The van der Waals surface area contributed by atoms with E-state index in [2.05, 4.69) is 27.2 Å². The molecule has 0 saturated carbocycles. The molecule has 0 unspecified atom stereocenters. The molecule has 5 nitrogen and oxygen atoms in total. The second-order valence-corrected chi connectivity index (χ2v) is 10.3. The maximum absolute atomic E-state index is 12.6. The van der Waals surface area contributed by atoms with Crippen LogP contribution in [0.1, 0.15) is 30.4 Å². The number of nitrogens with zero attached hydrogens (tertiary/aromatic N) is 2. The predicted octanol–water partition coefficient (Wildman–Crippen LogP) is 4.22. The van der Waals surface area contributed by atoms with Crippen molar-refractivity contribution in [1.29, 1.82) is 0 Å².